The van der Waals surface area contributed by atoms with Crippen LogP contribution in [0.4, 0.5) is 0 Å². The summed E-state index contributed by atoms with van der Waals surface area (Å²) in [6.45, 7) is 32.4. The van der Waals surface area contributed by atoms with E-state index in [2.05, 4.69) is 102 Å². The van der Waals surface area contributed by atoms with Gasteiger partial charge in [0.05, 0.1) is 24.4 Å². The smallest absolute Gasteiger partial charge is 0.303 e. The molecule has 3 rings (SSSR count). The molecule has 0 unspecified atom stereocenters. The van der Waals surface area contributed by atoms with Crippen LogP contribution >= 0.6 is 0 Å². The lowest BCUT2D eigenvalue weighted by Gasteiger charge is -2.46. The fourth-order valence-electron chi connectivity index (χ4n) is 7.72. The van der Waals surface area contributed by atoms with Gasteiger partial charge in [-0.2, -0.15) is 0 Å². The van der Waals surface area contributed by atoms with Crippen molar-refractivity contribution in [2.45, 2.75) is 149 Å². The zero-order valence-electron chi connectivity index (χ0n) is 35.6. The third kappa shape index (κ3) is 12.9. The molecule has 0 amide bonds. The van der Waals surface area contributed by atoms with Gasteiger partial charge in [0.2, 0.25) is 0 Å². The van der Waals surface area contributed by atoms with Crippen LogP contribution in [0.3, 0.4) is 0 Å². The summed E-state index contributed by atoms with van der Waals surface area (Å²) in [5.41, 5.74) is 0.460. The van der Waals surface area contributed by atoms with Gasteiger partial charge in [0, 0.05) is 26.8 Å². The third-order valence-electron chi connectivity index (χ3n) is 9.99. The van der Waals surface area contributed by atoms with Crippen molar-refractivity contribution < 1.29 is 33.3 Å². The molecule has 1 aliphatic heterocycles. The van der Waals surface area contributed by atoms with Crippen LogP contribution in [-0.2, 0) is 28.2 Å². The standard InChI is InChI=1S/C46H68O7Si2/c1-15-22-36(42(50-35(4)47)43(49)45(8,9)28-27-37(48)29-33(2)32-54(12,13)14)30-38(31-41-34(3)51-46(10,11)52-41)53-55(44(5,6)7,39-23-18-16-19-24-39)40-25-20-17-21-26-40/h15-28,34,37-38,41-42,48H,1-2,29-32H2,3-14H3/b28-27+,36-22+/t34-,37+,38+,41-,42+/m1/s1. The van der Waals surface area contributed by atoms with E-state index >= 15 is 0 Å². The average molecular weight is 789 g/mol. The molecule has 0 aromatic heterocycles. The molecule has 0 saturated carbocycles. The van der Waals surface area contributed by atoms with Crippen LogP contribution in [-0.4, -0.2) is 69.6 Å². The first-order valence-electron chi connectivity index (χ1n) is 19.6. The van der Waals surface area contributed by atoms with Crippen molar-refractivity contribution in [2.75, 3.05) is 0 Å². The summed E-state index contributed by atoms with van der Waals surface area (Å²) in [5, 5.41) is 12.8. The van der Waals surface area contributed by atoms with E-state index in [0.29, 0.717) is 18.4 Å². The molecule has 0 spiro atoms. The fourth-order valence-corrected chi connectivity index (χ4v) is 14.1. The predicted molar refractivity (Wildman–Crippen MR) is 231 cm³/mol. The molecule has 0 aliphatic carbocycles. The zero-order valence-corrected chi connectivity index (χ0v) is 37.6. The van der Waals surface area contributed by atoms with Gasteiger partial charge in [0.15, 0.2) is 17.7 Å². The molecule has 2 aromatic rings. The lowest BCUT2D eigenvalue weighted by atomic mass is 9.81. The number of Topliss-reactive ketones (excluding diaryl/α,β-unsaturated/α-hetero) is 1. The second kappa shape index (κ2) is 18.8. The first-order chi connectivity index (χ1) is 25.4. The molecule has 9 heteroatoms. The minimum atomic E-state index is -3.10. The molecule has 1 aliphatic rings. The predicted octanol–water partition coefficient (Wildman–Crippen LogP) is 9.09. The molecular weight excluding hydrogens is 721 g/mol. The van der Waals surface area contributed by atoms with E-state index in [1.165, 1.54) is 6.92 Å². The summed E-state index contributed by atoms with van der Waals surface area (Å²) in [6, 6.07) is 21.7. The van der Waals surface area contributed by atoms with E-state index in [4.69, 9.17) is 18.6 Å². The molecule has 0 bridgehead atoms. The van der Waals surface area contributed by atoms with Gasteiger partial charge in [-0.15, -0.1) is 6.58 Å². The van der Waals surface area contributed by atoms with Gasteiger partial charge in [0.1, 0.15) is 0 Å². The van der Waals surface area contributed by atoms with E-state index in [0.717, 1.165) is 22.0 Å². The summed E-state index contributed by atoms with van der Waals surface area (Å²) in [7, 11) is -4.49. The number of allylic oxidation sites excluding steroid dienone is 3. The molecule has 1 heterocycles. The summed E-state index contributed by atoms with van der Waals surface area (Å²) in [5.74, 6) is -1.67. The van der Waals surface area contributed by atoms with E-state index in [-0.39, 0.29) is 29.5 Å². The number of hydrogen-bond acceptors (Lipinski definition) is 7. The van der Waals surface area contributed by atoms with Gasteiger partial charge in [-0.25, -0.2) is 0 Å². The molecular formula is C46H68O7Si2. The number of ether oxygens (including phenoxy) is 3. The number of aliphatic hydroxyl groups is 1. The summed E-state index contributed by atoms with van der Waals surface area (Å²) in [6.07, 6.45) is 4.86. The Hall–Kier alpha value is -3.19. The second-order valence-electron chi connectivity index (χ2n) is 18.4. The van der Waals surface area contributed by atoms with Crippen molar-refractivity contribution in [3.63, 3.8) is 0 Å². The SMILES string of the molecule is C=C/C=C(\C[C@@H](C[C@H]1OC(C)(C)O[C@@H]1C)O[Si](c1ccccc1)(c1ccccc1)C(C)(C)C)[C@H](OC(C)=O)C(=O)C(C)(C)/C=C/[C@H](O)CC(=C)C[Si](C)(C)C. The number of rotatable bonds is 19. The Morgan fingerprint density at radius 3 is 1.93 bits per heavy atom. The quantitative estimate of drug-likeness (QED) is 0.0658. The molecule has 2 aromatic carbocycles. The Labute approximate surface area is 334 Å². The van der Waals surface area contributed by atoms with Crippen LogP contribution in [0.1, 0.15) is 81.6 Å². The van der Waals surface area contributed by atoms with Crippen molar-refractivity contribution in [2.24, 2.45) is 5.41 Å². The highest BCUT2D eigenvalue weighted by Gasteiger charge is 2.52. The fraction of sp³-hybridized carbons (Fsp3) is 0.522. The van der Waals surface area contributed by atoms with Crippen molar-refractivity contribution in [3.8, 4) is 0 Å². The number of carbonyl (C=O) groups excluding carboxylic acids is 2. The number of benzene rings is 2. The highest BCUT2D eigenvalue weighted by molar-refractivity contribution is 6.99. The summed E-state index contributed by atoms with van der Waals surface area (Å²) in [4.78, 5) is 27.4. The van der Waals surface area contributed by atoms with Crippen LogP contribution in [0.15, 0.2) is 109 Å². The van der Waals surface area contributed by atoms with E-state index < -0.39 is 51.9 Å². The van der Waals surface area contributed by atoms with Crippen molar-refractivity contribution in [1.29, 1.82) is 0 Å². The van der Waals surface area contributed by atoms with Crippen LogP contribution in [0.25, 0.3) is 0 Å². The molecule has 302 valence electrons. The maximum Gasteiger partial charge on any atom is 0.303 e. The van der Waals surface area contributed by atoms with Crippen LogP contribution < -0.4 is 10.4 Å². The van der Waals surface area contributed by atoms with Crippen LogP contribution in [0, 0.1) is 5.41 Å². The van der Waals surface area contributed by atoms with Gasteiger partial charge < -0.3 is 23.7 Å². The molecule has 5 atom stereocenters. The maximum atomic E-state index is 14.6. The van der Waals surface area contributed by atoms with Gasteiger partial charge in [-0.3, -0.25) is 9.59 Å². The molecule has 7 nitrogen and oxygen atoms in total. The zero-order chi connectivity index (χ0) is 41.4. The van der Waals surface area contributed by atoms with Crippen molar-refractivity contribution in [1.82, 2.24) is 0 Å². The van der Waals surface area contributed by atoms with Gasteiger partial charge in [0.25, 0.3) is 8.32 Å². The van der Waals surface area contributed by atoms with Gasteiger partial charge in [-0.1, -0.05) is 138 Å². The topological polar surface area (TPSA) is 91.3 Å². The Balaban J connectivity index is 2.13. The monoisotopic (exact) mass is 788 g/mol. The van der Waals surface area contributed by atoms with E-state index in [1.54, 1.807) is 38.2 Å². The highest BCUT2D eigenvalue weighted by atomic mass is 28.4. The average Bonchev–Trinajstić information content (AvgIpc) is 3.33. The first kappa shape index (κ1) is 46.2. The van der Waals surface area contributed by atoms with Crippen LogP contribution in [0.5, 0.6) is 0 Å². The molecule has 0 radical (unpaired) electrons. The maximum absolute atomic E-state index is 14.6. The second-order valence-corrected chi connectivity index (χ2v) is 28.1. The number of esters is 1. The number of hydrogen-bond donors (Lipinski definition) is 1. The largest absolute Gasteiger partial charge is 0.450 e. The molecule has 1 saturated heterocycles. The van der Waals surface area contributed by atoms with E-state index in [9.17, 15) is 14.7 Å². The van der Waals surface area contributed by atoms with Crippen molar-refractivity contribution in [3.05, 3.63) is 109 Å². The number of carbonyl (C=O) groups is 2. The Bertz CT molecular complexity index is 1630. The number of aliphatic hydroxyl groups excluding tert-OH is 1. The lowest BCUT2D eigenvalue weighted by molar-refractivity contribution is -0.153. The van der Waals surface area contributed by atoms with Crippen molar-refractivity contribution >= 4 is 38.5 Å². The Morgan fingerprint density at radius 2 is 1.49 bits per heavy atom. The molecule has 55 heavy (non-hydrogen) atoms. The first-order valence-corrected chi connectivity index (χ1v) is 25.2. The van der Waals surface area contributed by atoms with Gasteiger partial charge in [-0.05, 0) is 74.5 Å². The Morgan fingerprint density at radius 1 is 0.945 bits per heavy atom. The number of ketones is 1. The highest BCUT2D eigenvalue weighted by Crippen LogP contribution is 2.41. The normalized spacial score (nSPS) is 19.8. The third-order valence-corrected chi connectivity index (χ3v) is 16.6. The summed E-state index contributed by atoms with van der Waals surface area (Å²) < 4.78 is 26.3. The Kier molecular flexibility index (Phi) is 15.8. The minimum absolute atomic E-state index is 0.213. The van der Waals surface area contributed by atoms with E-state index in [1.807, 2.05) is 32.9 Å². The molecule has 1 N–H and O–H groups in total. The van der Waals surface area contributed by atoms with Crippen LogP contribution in [0.2, 0.25) is 30.7 Å². The summed E-state index contributed by atoms with van der Waals surface area (Å²) >= 11 is 0. The lowest BCUT2D eigenvalue weighted by Crippen LogP contribution is -2.68. The van der Waals surface area contributed by atoms with Gasteiger partial charge >= 0.3 is 5.97 Å². The minimum Gasteiger partial charge on any atom is -0.450 e. The molecule has 1 fully saturated rings.